The number of hydrogen-bond donors (Lipinski definition) is 1. The third-order valence-electron chi connectivity index (χ3n) is 2.67. The molecule has 0 bridgehead atoms. The molecule has 0 heterocycles. The van der Waals surface area contributed by atoms with Crippen molar-refractivity contribution in [2.24, 2.45) is 5.92 Å². The Balaban J connectivity index is 2.14. The van der Waals surface area contributed by atoms with E-state index in [1.54, 1.807) is 29.9 Å². The molecule has 82 valence electrons. The van der Waals surface area contributed by atoms with Gasteiger partial charge in [-0.1, -0.05) is 0 Å². The molecule has 0 aromatic carbocycles. The van der Waals surface area contributed by atoms with Crippen LogP contribution in [0.4, 0.5) is 0 Å². The number of halogens is 1. The van der Waals surface area contributed by atoms with Crippen molar-refractivity contribution in [1.29, 1.82) is 0 Å². The summed E-state index contributed by atoms with van der Waals surface area (Å²) >= 11 is 1.67. The second-order valence-electron chi connectivity index (χ2n) is 3.89. The second-order valence-corrected chi connectivity index (χ2v) is 4.25. The maximum atomic E-state index is 10.9. The van der Waals surface area contributed by atoms with Crippen LogP contribution in [0.2, 0.25) is 0 Å². The zero-order valence-electron chi connectivity index (χ0n) is 8.29. The van der Waals surface area contributed by atoms with Crippen LogP contribution in [-0.4, -0.2) is 11.8 Å². The van der Waals surface area contributed by atoms with Crippen molar-refractivity contribution in [2.45, 2.75) is 45.1 Å². The summed E-state index contributed by atoms with van der Waals surface area (Å²) in [5.41, 5.74) is 2.83. The molecule has 1 N–H and O–H groups in total. The molecular formula is C9H16INO3. The summed E-state index contributed by atoms with van der Waals surface area (Å²) in [6, 6.07) is 0.368. The predicted octanol–water partition coefficient (Wildman–Crippen LogP) is 2.33. The Bertz CT molecular complexity index is 181. The van der Waals surface area contributed by atoms with Gasteiger partial charge in [-0.05, 0) is 38.5 Å². The summed E-state index contributed by atoms with van der Waals surface area (Å²) in [5, 5.41) is 0. The number of hydrogen-bond acceptors (Lipinski definition) is 4. The first-order chi connectivity index (χ1) is 6.72. The Hall–Kier alpha value is 0.280. The fourth-order valence-corrected chi connectivity index (χ4v) is 2.08. The molecule has 4 nitrogen and oxygen atoms in total. The van der Waals surface area contributed by atoms with Gasteiger partial charge in [0.2, 0.25) is 0 Å². The zero-order chi connectivity index (χ0) is 10.4. The molecule has 1 aliphatic carbocycles. The Labute approximate surface area is 98.3 Å². The van der Waals surface area contributed by atoms with Crippen molar-refractivity contribution in [1.82, 2.24) is 5.48 Å². The molecule has 14 heavy (non-hydrogen) atoms. The van der Waals surface area contributed by atoms with Gasteiger partial charge in [-0.2, -0.15) is 5.48 Å². The first-order valence-electron chi connectivity index (χ1n) is 4.91. The number of rotatable bonds is 5. The van der Waals surface area contributed by atoms with Crippen LogP contribution in [-0.2, 0) is 13.0 Å². The van der Waals surface area contributed by atoms with E-state index in [0.717, 1.165) is 32.1 Å². The molecule has 0 aromatic heterocycles. The van der Waals surface area contributed by atoms with Gasteiger partial charge in [0.05, 0.1) is 0 Å². The summed E-state index contributed by atoms with van der Waals surface area (Å²) in [5.74, 6) is 0.874. The monoisotopic (exact) mass is 313 g/mol. The van der Waals surface area contributed by atoms with Gasteiger partial charge < -0.3 is 4.79 Å². The number of ketones is 1. The van der Waals surface area contributed by atoms with Crippen LogP contribution in [0.25, 0.3) is 0 Å². The lowest BCUT2D eigenvalue weighted by molar-refractivity contribution is -0.235. The quantitative estimate of drug-likeness (QED) is 0.481. The largest absolute Gasteiger partial charge is 0.300 e. The molecule has 1 rings (SSSR count). The number of nitrogens with one attached hydrogen (secondary N) is 1. The Kier molecular flexibility index (Phi) is 5.92. The Morgan fingerprint density at radius 1 is 1.43 bits per heavy atom. The van der Waals surface area contributed by atoms with E-state index >= 15 is 0 Å². The second kappa shape index (κ2) is 6.71. The molecule has 0 aliphatic heterocycles. The van der Waals surface area contributed by atoms with Crippen LogP contribution >= 0.6 is 23.0 Å². The van der Waals surface area contributed by atoms with E-state index in [0.29, 0.717) is 17.7 Å². The Morgan fingerprint density at radius 2 is 2.07 bits per heavy atom. The highest BCUT2D eigenvalue weighted by atomic mass is 127. The fraction of sp³-hybridized carbons (Fsp3) is 0.889. The normalized spacial score (nSPS) is 27.6. The van der Waals surface area contributed by atoms with Crippen LogP contribution in [0.15, 0.2) is 0 Å². The molecule has 0 atom stereocenters. The summed E-state index contributed by atoms with van der Waals surface area (Å²) in [6.07, 6.45) is 5.04. The van der Waals surface area contributed by atoms with Crippen molar-refractivity contribution in [3.63, 3.8) is 0 Å². The minimum atomic E-state index is 0.299. The number of carbonyl (C=O) groups is 1. The van der Waals surface area contributed by atoms with Crippen molar-refractivity contribution in [2.75, 3.05) is 0 Å². The third-order valence-corrected chi connectivity index (χ3v) is 2.85. The average Bonchev–Trinajstić information content (AvgIpc) is 2.16. The highest BCUT2D eigenvalue weighted by Gasteiger charge is 2.22. The van der Waals surface area contributed by atoms with Crippen LogP contribution in [0, 0.1) is 5.92 Å². The predicted molar refractivity (Wildman–Crippen MR) is 60.4 cm³/mol. The van der Waals surface area contributed by atoms with Crippen molar-refractivity contribution < 1.29 is 13.0 Å². The molecule has 1 aliphatic rings. The molecule has 5 heteroatoms. The van der Waals surface area contributed by atoms with Gasteiger partial charge in [0.15, 0.2) is 23.0 Å². The van der Waals surface area contributed by atoms with Crippen molar-refractivity contribution >= 4 is 28.8 Å². The van der Waals surface area contributed by atoms with Gasteiger partial charge in [0, 0.05) is 12.5 Å². The molecule has 0 saturated heterocycles. The smallest absolute Gasteiger partial charge is 0.157 e. The summed E-state index contributed by atoms with van der Waals surface area (Å²) < 4.78 is 4.44. The fourth-order valence-electron chi connectivity index (χ4n) is 1.98. The number of carbonyl (C=O) groups excluding carboxylic acids is 1. The summed E-state index contributed by atoms with van der Waals surface area (Å²) in [4.78, 5) is 15.6. The first-order valence-corrected chi connectivity index (χ1v) is 5.79. The van der Waals surface area contributed by atoms with Gasteiger partial charge in [-0.3, -0.25) is 0 Å². The molecular weight excluding hydrogens is 297 g/mol. The average molecular weight is 313 g/mol. The van der Waals surface area contributed by atoms with E-state index in [2.05, 4.69) is 13.7 Å². The summed E-state index contributed by atoms with van der Waals surface area (Å²) in [6.45, 7) is 1.66. The van der Waals surface area contributed by atoms with Crippen molar-refractivity contribution in [3.8, 4) is 0 Å². The number of hydroxylamine groups is 1. The lowest BCUT2D eigenvalue weighted by Crippen LogP contribution is -2.33. The van der Waals surface area contributed by atoms with E-state index < -0.39 is 0 Å². The van der Waals surface area contributed by atoms with Crippen LogP contribution in [0.3, 0.4) is 0 Å². The highest BCUT2D eigenvalue weighted by Crippen LogP contribution is 2.26. The number of Topliss-reactive ketones (excluding diaryl/α,β-unsaturated/α-hetero) is 1. The zero-order valence-corrected chi connectivity index (χ0v) is 10.5. The minimum absolute atomic E-state index is 0.299. The lowest BCUT2D eigenvalue weighted by atomic mass is 9.83. The third kappa shape index (κ3) is 4.68. The molecule has 1 fully saturated rings. The van der Waals surface area contributed by atoms with Gasteiger partial charge in [-0.15, -0.1) is 8.21 Å². The van der Waals surface area contributed by atoms with Gasteiger partial charge >= 0.3 is 0 Å². The summed E-state index contributed by atoms with van der Waals surface area (Å²) in [7, 11) is 0. The topological polar surface area (TPSA) is 47.6 Å². The Morgan fingerprint density at radius 3 is 2.57 bits per heavy atom. The maximum absolute atomic E-state index is 10.9. The molecule has 1 saturated carbocycles. The SMILES string of the molecule is CC(=O)CC1CCC(NOOI)CC1. The molecule has 0 amide bonds. The minimum Gasteiger partial charge on any atom is -0.300 e. The molecule has 0 unspecified atom stereocenters. The standard InChI is InChI=1S/C9H16INO3/c1-7(12)6-8-2-4-9(5-3-8)11-14-13-10/h8-9,11H,2-6H2,1H3. The maximum Gasteiger partial charge on any atom is 0.157 e. The van der Waals surface area contributed by atoms with Crippen LogP contribution in [0.1, 0.15) is 39.0 Å². The van der Waals surface area contributed by atoms with E-state index in [4.69, 9.17) is 0 Å². The lowest BCUT2D eigenvalue weighted by Gasteiger charge is -2.27. The highest BCUT2D eigenvalue weighted by molar-refractivity contribution is 14.1. The molecule has 0 aromatic rings. The van der Waals surface area contributed by atoms with E-state index in [1.807, 2.05) is 0 Å². The van der Waals surface area contributed by atoms with E-state index in [1.165, 1.54) is 0 Å². The van der Waals surface area contributed by atoms with Crippen LogP contribution in [0.5, 0.6) is 0 Å². The molecule has 0 spiro atoms. The van der Waals surface area contributed by atoms with E-state index in [-0.39, 0.29) is 0 Å². The van der Waals surface area contributed by atoms with Gasteiger partial charge in [0.25, 0.3) is 0 Å². The molecule has 0 radical (unpaired) electrons. The van der Waals surface area contributed by atoms with Gasteiger partial charge in [0.1, 0.15) is 5.78 Å². The van der Waals surface area contributed by atoms with Crippen LogP contribution < -0.4 is 5.48 Å². The van der Waals surface area contributed by atoms with Crippen molar-refractivity contribution in [3.05, 3.63) is 0 Å². The van der Waals surface area contributed by atoms with Gasteiger partial charge in [-0.25, -0.2) is 0 Å². The van der Waals surface area contributed by atoms with E-state index in [9.17, 15) is 4.79 Å². The first kappa shape index (κ1) is 12.4.